The van der Waals surface area contributed by atoms with E-state index < -0.39 is 6.17 Å². The lowest BCUT2D eigenvalue weighted by molar-refractivity contribution is 0.171. The first-order chi connectivity index (χ1) is 16.6. The second-order valence-electron chi connectivity index (χ2n) is 9.29. The predicted molar refractivity (Wildman–Crippen MR) is 128 cm³/mol. The molecule has 3 aromatic rings. The molecule has 176 valence electrons. The molecule has 0 spiro atoms. The van der Waals surface area contributed by atoms with Crippen molar-refractivity contribution in [2.75, 3.05) is 11.2 Å². The summed E-state index contributed by atoms with van der Waals surface area (Å²) in [7, 11) is 0. The van der Waals surface area contributed by atoms with Crippen LogP contribution in [0, 0.1) is 0 Å². The summed E-state index contributed by atoms with van der Waals surface area (Å²) < 4.78 is 15.3. The third kappa shape index (κ3) is 3.98. The van der Waals surface area contributed by atoms with Crippen molar-refractivity contribution in [2.24, 2.45) is 0 Å². The van der Waals surface area contributed by atoms with E-state index in [4.69, 9.17) is 0 Å². The molecule has 3 aliphatic rings. The molecule has 1 aromatic carbocycles. The van der Waals surface area contributed by atoms with Crippen LogP contribution in [0.2, 0.25) is 0 Å². The van der Waals surface area contributed by atoms with Crippen molar-refractivity contribution in [2.45, 2.75) is 67.5 Å². The van der Waals surface area contributed by atoms with E-state index >= 15 is 4.39 Å². The number of aromatic nitrogens is 5. The maximum Gasteiger partial charge on any atom is 0.185 e. The van der Waals surface area contributed by atoms with Crippen LogP contribution in [-0.4, -0.2) is 67.1 Å². The lowest BCUT2D eigenvalue weighted by atomic mass is 9.96. The standard InChI is InChI=1S/C24H26FN7OS/c1-34-22-9-14(11-27-30-22)13-2-6-17(20(33)8-13)24-26-12-21(29-31-24)32(16-4-5-16)19-10-15-3-7-18(28-15)23(19)25/h2,6,8-9,11-12,15-16,18-19,23,28,33H,3-5,7,10H2,1H3/t15-,18+,19+,23-/m1/s1. The van der Waals surface area contributed by atoms with Crippen molar-refractivity contribution >= 4 is 17.6 Å². The minimum atomic E-state index is -0.924. The summed E-state index contributed by atoms with van der Waals surface area (Å²) in [6.07, 6.45) is 9.14. The molecule has 0 unspecified atom stereocenters. The number of fused-ring (bicyclic) bond motifs is 2. The first-order valence-corrected chi connectivity index (χ1v) is 12.9. The maximum atomic E-state index is 15.3. The number of piperidine rings is 1. The molecule has 4 atom stereocenters. The second kappa shape index (κ2) is 8.74. The Hall–Kier alpha value is -2.85. The Morgan fingerprint density at radius 3 is 2.68 bits per heavy atom. The van der Waals surface area contributed by atoms with Crippen molar-refractivity contribution in [3.05, 3.63) is 36.7 Å². The van der Waals surface area contributed by atoms with E-state index in [9.17, 15) is 5.11 Å². The van der Waals surface area contributed by atoms with Crippen molar-refractivity contribution in [1.29, 1.82) is 0 Å². The van der Waals surface area contributed by atoms with Gasteiger partial charge >= 0.3 is 0 Å². The fourth-order valence-electron chi connectivity index (χ4n) is 5.24. The molecule has 2 aliphatic heterocycles. The number of hydrogen-bond donors (Lipinski definition) is 2. The molecule has 0 radical (unpaired) electrons. The van der Waals surface area contributed by atoms with Gasteiger partial charge in [-0.2, -0.15) is 5.10 Å². The van der Waals surface area contributed by atoms with E-state index in [1.165, 1.54) is 11.8 Å². The lowest BCUT2D eigenvalue weighted by Crippen LogP contribution is -2.57. The van der Waals surface area contributed by atoms with Crippen molar-refractivity contribution in [3.8, 4) is 28.3 Å². The van der Waals surface area contributed by atoms with Crippen molar-refractivity contribution < 1.29 is 9.50 Å². The number of phenolic OH excluding ortho intramolecular Hbond substituents is 1. The van der Waals surface area contributed by atoms with Crippen LogP contribution in [0.25, 0.3) is 22.5 Å². The first-order valence-electron chi connectivity index (χ1n) is 11.7. The molecular weight excluding hydrogens is 453 g/mol. The van der Waals surface area contributed by atoms with Crippen molar-refractivity contribution in [1.82, 2.24) is 30.7 Å². The molecular formula is C24H26FN7OS. The number of aromatic hydroxyl groups is 1. The minimum absolute atomic E-state index is 0.0624. The molecule has 0 amide bonds. The molecule has 1 aliphatic carbocycles. The van der Waals surface area contributed by atoms with Gasteiger partial charge in [-0.15, -0.1) is 27.1 Å². The number of alkyl halides is 1. The average molecular weight is 480 g/mol. The molecule has 34 heavy (non-hydrogen) atoms. The summed E-state index contributed by atoms with van der Waals surface area (Å²) in [4.78, 5) is 6.62. The summed E-state index contributed by atoms with van der Waals surface area (Å²) in [6.45, 7) is 0. The highest BCUT2D eigenvalue weighted by molar-refractivity contribution is 7.98. The number of rotatable bonds is 6. The first kappa shape index (κ1) is 21.7. The summed E-state index contributed by atoms with van der Waals surface area (Å²) in [5, 5.41) is 31.7. The van der Waals surface area contributed by atoms with Crippen LogP contribution in [0.15, 0.2) is 41.7 Å². The van der Waals surface area contributed by atoms with Gasteiger partial charge in [-0.05, 0) is 62.1 Å². The molecule has 8 nitrogen and oxygen atoms in total. The van der Waals surface area contributed by atoms with Crippen LogP contribution in [-0.2, 0) is 0 Å². The zero-order valence-electron chi connectivity index (χ0n) is 18.8. The van der Waals surface area contributed by atoms with E-state index in [0.717, 1.165) is 48.3 Å². The Balaban J connectivity index is 1.26. The number of anilines is 1. The van der Waals surface area contributed by atoms with Gasteiger partial charge in [0.2, 0.25) is 0 Å². The zero-order chi connectivity index (χ0) is 23.2. The summed E-state index contributed by atoms with van der Waals surface area (Å²) >= 11 is 1.51. The van der Waals surface area contributed by atoms with Gasteiger partial charge in [0.25, 0.3) is 0 Å². The number of hydrogen-bond acceptors (Lipinski definition) is 9. The Labute approximate surface area is 201 Å². The summed E-state index contributed by atoms with van der Waals surface area (Å²) in [5.74, 6) is 1.01. The van der Waals surface area contributed by atoms with Gasteiger partial charge in [-0.25, -0.2) is 9.37 Å². The highest BCUT2D eigenvalue weighted by Crippen LogP contribution is 2.40. The van der Waals surface area contributed by atoms with Gasteiger partial charge in [-0.1, -0.05) is 6.07 Å². The topological polar surface area (TPSA) is 100.0 Å². The fourth-order valence-corrected chi connectivity index (χ4v) is 5.61. The Kier molecular flexibility index (Phi) is 5.57. The maximum absolute atomic E-state index is 15.3. The van der Waals surface area contributed by atoms with Gasteiger partial charge in [0.05, 0.1) is 24.0 Å². The normalized spacial score (nSPS) is 25.9. The smallest absolute Gasteiger partial charge is 0.185 e. The van der Waals surface area contributed by atoms with Crippen LogP contribution >= 0.6 is 11.8 Å². The second-order valence-corrected chi connectivity index (χ2v) is 10.1. The van der Waals surface area contributed by atoms with Gasteiger partial charge in [-0.3, -0.25) is 0 Å². The number of halogens is 1. The zero-order valence-corrected chi connectivity index (χ0v) is 19.6. The van der Waals surface area contributed by atoms with E-state index in [2.05, 4.69) is 35.6 Å². The van der Waals surface area contributed by atoms with Gasteiger partial charge in [0, 0.05) is 23.7 Å². The average Bonchev–Trinajstić information content (AvgIpc) is 3.62. The highest BCUT2D eigenvalue weighted by Gasteiger charge is 2.48. The van der Waals surface area contributed by atoms with Crippen LogP contribution in [0.5, 0.6) is 5.75 Å². The third-order valence-corrected chi connectivity index (χ3v) is 7.70. The number of nitrogens with one attached hydrogen (secondary N) is 1. The predicted octanol–water partition coefficient (Wildman–Crippen LogP) is 3.62. The summed E-state index contributed by atoms with van der Waals surface area (Å²) in [6, 6.07) is 7.68. The number of nitrogens with zero attached hydrogens (tertiary/aromatic N) is 6. The van der Waals surface area contributed by atoms with Gasteiger partial charge in [0.15, 0.2) is 11.6 Å². The van der Waals surface area contributed by atoms with Crippen LogP contribution in [0.1, 0.15) is 32.1 Å². The van der Waals surface area contributed by atoms with Gasteiger partial charge < -0.3 is 15.3 Å². The van der Waals surface area contributed by atoms with E-state index in [0.29, 0.717) is 29.3 Å². The number of benzene rings is 1. The molecule has 2 N–H and O–H groups in total. The molecule has 6 rings (SSSR count). The monoisotopic (exact) mass is 479 g/mol. The van der Waals surface area contributed by atoms with E-state index in [1.54, 1.807) is 24.5 Å². The van der Waals surface area contributed by atoms with Gasteiger partial charge in [0.1, 0.15) is 16.9 Å². The van der Waals surface area contributed by atoms with Crippen LogP contribution in [0.3, 0.4) is 0 Å². The van der Waals surface area contributed by atoms with E-state index in [-0.39, 0.29) is 17.8 Å². The minimum Gasteiger partial charge on any atom is -0.507 e. The van der Waals surface area contributed by atoms with Crippen LogP contribution < -0.4 is 10.2 Å². The van der Waals surface area contributed by atoms with E-state index in [1.807, 2.05) is 18.4 Å². The Morgan fingerprint density at radius 1 is 1.06 bits per heavy atom. The largest absolute Gasteiger partial charge is 0.507 e. The SMILES string of the molecule is CSc1cc(-c2ccc(-c3ncc(N(C4CC4)[C@H]4C[C@H]5CC[C@H](N5)[C@H]4F)nn3)c(O)c2)cnn1. The molecule has 10 heteroatoms. The summed E-state index contributed by atoms with van der Waals surface area (Å²) in [5.41, 5.74) is 2.19. The third-order valence-electron chi connectivity index (χ3n) is 7.08. The number of phenols is 1. The molecule has 1 saturated carbocycles. The molecule has 3 fully saturated rings. The molecule has 2 bridgehead atoms. The molecule has 2 saturated heterocycles. The highest BCUT2D eigenvalue weighted by atomic mass is 32.2. The lowest BCUT2D eigenvalue weighted by Gasteiger charge is -2.40. The van der Waals surface area contributed by atoms with Crippen LogP contribution in [0.4, 0.5) is 10.2 Å². The quantitative estimate of drug-likeness (QED) is 0.514. The Bertz CT molecular complexity index is 1190. The van der Waals surface area contributed by atoms with Crippen molar-refractivity contribution in [3.63, 3.8) is 0 Å². The molecule has 4 heterocycles. The molecule has 2 aromatic heterocycles. The Morgan fingerprint density at radius 2 is 1.94 bits per heavy atom. The fraction of sp³-hybridized carbons (Fsp3) is 0.458. The number of thioether (sulfide) groups is 1.